The van der Waals surface area contributed by atoms with Crippen molar-refractivity contribution in [3.8, 4) is 5.75 Å². The molecule has 1 saturated heterocycles. The Bertz CT molecular complexity index is 568. The molecule has 4 heteroatoms. The Kier molecular flexibility index (Phi) is 4.07. The average molecular weight is 289 g/mol. The summed E-state index contributed by atoms with van der Waals surface area (Å²) >= 11 is 6.09. The number of rotatable bonds is 4. The summed E-state index contributed by atoms with van der Waals surface area (Å²) in [6, 6.07) is 13.8. The highest BCUT2D eigenvalue weighted by molar-refractivity contribution is 6.29. The largest absolute Gasteiger partial charge is 0.489 e. The molecule has 1 aromatic carbocycles. The van der Waals surface area contributed by atoms with E-state index in [0.717, 1.165) is 30.2 Å². The van der Waals surface area contributed by atoms with Crippen molar-refractivity contribution in [1.82, 2.24) is 4.98 Å². The first-order valence-corrected chi connectivity index (χ1v) is 7.28. The average Bonchev–Trinajstić information content (AvgIpc) is 3.00. The van der Waals surface area contributed by atoms with E-state index in [1.165, 1.54) is 12.8 Å². The van der Waals surface area contributed by atoms with Crippen LogP contribution in [0.15, 0.2) is 42.5 Å². The summed E-state index contributed by atoms with van der Waals surface area (Å²) in [5.41, 5.74) is 1.14. The van der Waals surface area contributed by atoms with Crippen LogP contribution in [0.2, 0.25) is 5.15 Å². The zero-order chi connectivity index (χ0) is 13.8. The molecule has 1 aliphatic rings. The summed E-state index contributed by atoms with van der Waals surface area (Å²) in [6.07, 6.45) is 2.43. The molecule has 0 N–H and O–H groups in total. The number of aromatic nitrogens is 1. The smallest absolute Gasteiger partial charge is 0.135 e. The number of benzene rings is 1. The molecule has 0 atom stereocenters. The van der Waals surface area contributed by atoms with Gasteiger partial charge < -0.3 is 9.64 Å². The molecular formula is C16H17ClN2O. The van der Waals surface area contributed by atoms with Crippen LogP contribution in [-0.2, 0) is 6.61 Å². The highest BCUT2D eigenvalue weighted by atomic mass is 35.5. The molecule has 0 amide bonds. The fourth-order valence-electron chi connectivity index (χ4n) is 2.39. The Labute approximate surface area is 124 Å². The van der Waals surface area contributed by atoms with Crippen molar-refractivity contribution in [2.75, 3.05) is 18.0 Å². The Hall–Kier alpha value is -1.74. The Morgan fingerprint density at radius 2 is 1.85 bits per heavy atom. The third kappa shape index (κ3) is 3.23. The summed E-state index contributed by atoms with van der Waals surface area (Å²) in [4.78, 5) is 6.63. The third-order valence-corrected chi connectivity index (χ3v) is 3.63. The molecule has 1 aromatic heterocycles. The third-order valence-electron chi connectivity index (χ3n) is 3.43. The summed E-state index contributed by atoms with van der Waals surface area (Å²) in [5.74, 6) is 1.69. The predicted molar refractivity (Wildman–Crippen MR) is 81.5 cm³/mol. The van der Waals surface area contributed by atoms with Crippen LogP contribution in [0.25, 0.3) is 0 Å². The van der Waals surface area contributed by atoms with Gasteiger partial charge in [0.25, 0.3) is 0 Å². The van der Waals surface area contributed by atoms with E-state index >= 15 is 0 Å². The number of halogens is 1. The van der Waals surface area contributed by atoms with Gasteiger partial charge in [0, 0.05) is 25.2 Å². The van der Waals surface area contributed by atoms with E-state index in [0.29, 0.717) is 11.8 Å². The first-order chi connectivity index (χ1) is 9.81. The molecule has 20 heavy (non-hydrogen) atoms. The second-order valence-corrected chi connectivity index (χ2v) is 5.34. The molecule has 0 radical (unpaired) electrons. The predicted octanol–water partition coefficient (Wildman–Crippen LogP) is 3.91. The summed E-state index contributed by atoms with van der Waals surface area (Å²) in [7, 11) is 0. The van der Waals surface area contributed by atoms with Gasteiger partial charge in [-0.25, -0.2) is 4.98 Å². The second kappa shape index (κ2) is 6.14. The van der Waals surface area contributed by atoms with Crippen LogP contribution in [0.5, 0.6) is 5.75 Å². The minimum absolute atomic E-state index is 0.484. The van der Waals surface area contributed by atoms with Crippen LogP contribution in [0.4, 0.5) is 5.82 Å². The van der Waals surface area contributed by atoms with Gasteiger partial charge in [0.05, 0.1) is 0 Å². The molecule has 104 valence electrons. The van der Waals surface area contributed by atoms with Gasteiger partial charge in [-0.2, -0.15) is 0 Å². The molecule has 1 fully saturated rings. The SMILES string of the molecule is Clc1cc(OCc2ccccc2)cc(N2CCCC2)n1. The van der Waals surface area contributed by atoms with Crippen molar-refractivity contribution >= 4 is 17.4 Å². The Morgan fingerprint density at radius 3 is 2.60 bits per heavy atom. The molecule has 0 bridgehead atoms. The van der Waals surface area contributed by atoms with Gasteiger partial charge in [-0.1, -0.05) is 41.9 Å². The lowest BCUT2D eigenvalue weighted by Crippen LogP contribution is -2.19. The maximum atomic E-state index is 6.09. The van der Waals surface area contributed by atoms with Gasteiger partial charge >= 0.3 is 0 Å². The molecule has 3 rings (SSSR count). The van der Waals surface area contributed by atoms with Crippen LogP contribution in [0.1, 0.15) is 18.4 Å². The van der Waals surface area contributed by atoms with Gasteiger partial charge in [0.2, 0.25) is 0 Å². The first-order valence-electron chi connectivity index (χ1n) is 6.90. The topological polar surface area (TPSA) is 25.4 Å². The van der Waals surface area contributed by atoms with Crippen LogP contribution in [0.3, 0.4) is 0 Å². The minimum Gasteiger partial charge on any atom is -0.489 e. The quantitative estimate of drug-likeness (QED) is 0.798. The van der Waals surface area contributed by atoms with Crippen molar-refractivity contribution in [2.45, 2.75) is 19.4 Å². The van der Waals surface area contributed by atoms with Crippen LogP contribution < -0.4 is 9.64 Å². The number of anilines is 1. The lowest BCUT2D eigenvalue weighted by atomic mass is 10.2. The fraction of sp³-hybridized carbons (Fsp3) is 0.312. The zero-order valence-corrected chi connectivity index (χ0v) is 12.0. The molecular weight excluding hydrogens is 272 g/mol. The van der Waals surface area contributed by atoms with Crippen molar-refractivity contribution in [2.24, 2.45) is 0 Å². The Morgan fingerprint density at radius 1 is 1.10 bits per heavy atom. The summed E-state index contributed by atoms with van der Waals surface area (Å²) < 4.78 is 5.82. The van der Waals surface area contributed by atoms with E-state index in [1.807, 2.05) is 36.4 Å². The number of ether oxygens (including phenoxy) is 1. The molecule has 0 saturated carbocycles. The minimum atomic E-state index is 0.484. The van der Waals surface area contributed by atoms with Gasteiger partial charge in [0.15, 0.2) is 0 Å². The standard InChI is InChI=1S/C16H17ClN2O/c17-15-10-14(20-12-13-6-2-1-3-7-13)11-16(18-15)19-8-4-5-9-19/h1-3,6-7,10-11H,4-5,8-9,12H2. The maximum Gasteiger partial charge on any atom is 0.135 e. The molecule has 2 aromatic rings. The number of pyridine rings is 1. The lowest BCUT2D eigenvalue weighted by Gasteiger charge is -2.17. The molecule has 1 aliphatic heterocycles. The van der Waals surface area contributed by atoms with E-state index < -0.39 is 0 Å². The molecule has 2 heterocycles. The summed E-state index contributed by atoms with van der Waals surface area (Å²) in [6.45, 7) is 2.64. The first kappa shape index (κ1) is 13.3. The highest BCUT2D eigenvalue weighted by Gasteiger charge is 2.15. The van der Waals surface area contributed by atoms with E-state index in [-0.39, 0.29) is 0 Å². The lowest BCUT2D eigenvalue weighted by molar-refractivity contribution is 0.306. The fourth-order valence-corrected chi connectivity index (χ4v) is 2.59. The molecule has 0 aliphatic carbocycles. The van der Waals surface area contributed by atoms with Crippen molar-refractivity contribution in [3.05, 3.63) is 53.2 Å². The number of nitrogens with zero attached hydrogens (tertiary/aromatic N) is 2. The van der Waals surface area contributed by atoms with Gasteiger partial charge in [-0.15, -0.1) is 0 Å². The molecule has 0 spiro atoms. The molecule has 3 nitrogen and oxygen atoms in total. The molecule has 0 unspecified atom stereocenters. The van der Waals surface area contributed by atoms with Crippen LogP contribution >= 0.6 is 11.6 Å². The van der Waals surface area contributed by atoms with Crippen molar-refractivity contribution in [3.63, 3.8) is 0 Å². The maximum absolute atomic E-state index is 6.09. The normalized spacial score (nSPS) is 14.6. The van der Waals surface area contributed by atoms with E-state index in [1.54, 1.807) is 6.07 Å². The number of hydrogen-bond donors (Lipinski definition) is 0. The monoisotopic (exact) mass is 288 g/mol. The van der Waals surface area contributed by atoms with E-state index in [4.69, 9.17) is 16.3 Å². The van der Waals surface area contributed by atoms with E-state index in [2.05, 4.69) is 9.88 Å². The van der Waals surface area contributed by atoms with Crippen LogP contribution in [-0.4, -0.2) is 18.1 Å². The van der Waals surface area contributed by atoms with Gasteiger partial charge in [-0.05, 0) is 18.4 Å². The van der Waals surface area contributed by atoms with E-state index in [9.17, 15) is 0 Å². The van der Waals surface area contributed by atoms with Gasteiger partial charge in [0.1, 0.15) is 23.3 Å². The van der Waals surface area contributed by atoms with Crippen molar-refractivity contribution in [1.29, 1.82) is 0 Å². The van der Waals surface area contributed by atoms with Crippen LogP contribution in [0, 0.1) is 0 Å². The van der Waals surface area contributed by atoms with Gasteiger partial charge in [-0.3, -0.25) is 0 Å². The highest BCUT2D eigenvalue weighted by Crippen LogP contribution is 2.26. The number of hydrogen-bond acceptors (Lipinski definition) is 3. The van der Waals surface area contributed by atoms with Crippen molar-refractivity contribution < 1.29 is 4.74 Å². The Balaban J connectivity index is 1.72. The summed E-state index contributed by atoms with van der Waals surface area (Å²) in [5, 5.41) is 0.484. The zero-order valence-electron chi connectivity index (χ0n) is 11.3. The second-order valence-electron chi connectivity index (χ2n) is 4.95.